The van der Waals surface area contributed by atoms with Crippen LogP contribution < -0.4 is 10.6 Å². The average molecular weight is 327 g/mol. The van der Waals surface area contributed by atoms with Crippen LogP contribution in [-0.4, -0.2) is 17.0 Å². The van der Waals surface area contributed by atoms with Gasteiger partial charge in [-0.25, -0.2) is 9.97 Å². The van der Waals surface area contributed by atoms with E-state index in [0.717, 1.165) is 34.6 Å². The van der Waals surface area contributed by atoms with Crippen molar-refractivity contribution in [2.45, 2.75) is 19.9 Å². The summed E-state index contributed by atoms with van der Waals surface area (Å²) in [5, 5.41) is 8.54. The first-order valence-corrected chi connectivity index (χ1v) is 7.40. The molecule has 6 heteroatoms. The summed E-state index contributed by atoms with van der Waals surface area (Å²) in [5.41, 5.74) is 1.12. The van der Waals surface area contributed by atoms with Gasteiger partial charge in [-0.3, -0.25) is 0 Å². The van der Waals surface area contributed by atoms with Crippen LogP contribution in [0.3, 0.4) is 0 Å². The van der Waals surface area contributed by atoms with Gasteiger partial charge in [0.1, 0.15) is 18.0 Å². The first-order chi connectivity index (χ1) is 8.74. The molecule has 0 atom stereocenters. The number of nitrogens with one attached hydrogen (secondary N) is 2. The van der Waals surface area contributed by atoms with E-state index in [1.807, 2.05) is 7.05 Å². The van der Waals surface area contributed by atoms with Gasteiger partial charge in [0.15, 0.2) is 0 Å². The molecule has 0 aliphatic carbocycles. The zero-order valence-electron chi connectivity index (χ0n) is 10.3. The summed E-state index contributed by atoms with van der Waals surface area (Å²) < 4.78 is 1.12. The SMILES string of the molecule is CCc1c(NC)ncnc1NCc1cc(Br)cs1. The molecule has 0 radical (unpaired) electrons. The minimum absolute atomic E-state index is 0.781. The highest BCUT2D eigenvalue weighted by Crippen LogP contribution is 2.23. The second kappa shape index (κ2) is 6.15. The maximum absolute atomic E-state index is 4.31. The largest absolute Gasteiger partial charge is 0.373 e. The van der Waals surface area contributed by atoms with Crippen molar-refractivity contribution in [1.29, 1.82) is 0 Å². The Morgan fingerprint density at radius 3 is 2.72 bits per heavy atom. The van der Waals surface area contributed by atoms with Crippen LogP contribution in [0.25, 0.3) is 0 Å². The number of rotatable bonds is 5. The molecule has 0 fully saturated rings. The van der Waals surface area contributed by atoms with Crippen molar-refractivity contribution in [2.75, 3.05) is 17.7 Å². The Kier molecular flexibility index (Phi) is 4.54. The van der Waals surface area contributed by atoms with Gasteiger partial charge in [-0.15, -0.1) is 11.3 Å². The van der Waals surface area contributed by atoms with Gasteiger partial charge in [-0.2, -0.15) is 0 Å². The number of hydrogen-bond acceptors (Lipinski definition) is 5. The van der Waals surface area contributed by atoms with Gasteiger partial charge in [-0.1, -0.05) is 6.92 Å². The fourth-order valence-electron chi connectivity index (χ4n) is 1.73. The van der Waals surface area contributed by atoms with Crippen LogP contribution in [0.5, 0.6) is 0 Å². The molecule has 2 aromatic rings. The normalized spacial score (nSPS) is 10.4. The Labute approximate surface area is 119 Å². The summed E-state index contributed by atoms with van der Waals surface area (Å²) in [7, 11) is 1.88. The summed E-state index contributed by atoms with van der Waals surface area (Å²) in [5.74, 6) is 1.80. The summed E-state index contributed by atoms with van der Waals surface area (Å²) >= 11 is 5.18. The van der Waals surface area contributed by atoms with Crippen molar-refractivity contribution in [1.82, 2.24) is 9.97 Å². The lowest BCUT2D eigenvalue weighted by molar-refractivity contribution is 1.02. The molecular formula is C12H15BrN4S. The quantitative estimate of drug-likeness (QED) is 0.882. The van der Waals surface area contributed by atoms with Crippen molar-refractivity contribution in [3.63, 3.8) is 0 Å². The van der Waals surface area contributed by atoms with Crippen LogP contribution in [0, 0.1) is 0 Å². The van der Waals surface area contributed by atoms with Crippen molar-refractivity contribution < 1.29 is 0 Å². The number of aromatic nitrogens is 2. The van der Waals surface area contributed by atoms with Crippen LogP contribution in [0.4, 0.5) is 11.6 Å². The van der Waals surface area contributed by atoms with E-state index >= 15 is 0 Å². The number of thiophene rings is 1. The van der Waals surface area contributed by atoms with Gasteiger partial charge >= 0.3 is 0 Å². The Morgan fingerprint density at radius 1 is 1.33 bits per heavy atom. The monoisotopic (exact) mass is 326 g/mol. The Balaban J connectivity index is 2.13. The molecule has 0 saturated carbocycles. The molecule has 0 spiro atoms. The van der Waals surface area contributed by atoms with Crippen LogP contribution in [0.15, 0.2) is 22.2 Å². The van der Waals surface area contributed by atoms with Gasteiger partial charge in [0.25, 0.3) is 0 Å². The highest BCUT2D eigenvalue weighted by molar-refractivity contribution is 9.10. The van der Waals surface area contributed by atoms with E-state index in [4.69, 9.17) is 0 Å². The molecule has 0 aliphatic heterocycles. The molecule has 2 aromatic heterocycles. The zero-order valence-corrected chi connectivity index (χ0v) is 12.7. The number of hydrogen-bond donors (Lipinski definition) is 2. The maximum atomic E-state index is 4.31. The fraction of sp³-hybridized carbons (Fsp3) is 0.333. The standard InChI is InChI=1S/C12H15BrN4S/c1-3-10-11(14-2)16-7-17-12(10)15-5-9-4-8(13)6-18-9/h4,6-7H,3,5H2,1-2H3,(H2,14,15,16,17). The van der Waals surface area contributed by atoms with E-state index in [0.29, 0.717) is 0 Å². The molecule has 2 N–H and O–H groups in total. The highest BCUT2D eigenvalue weighted by Gasteiger charge is 2.08. The first-order valence-electron chi connectivity index (χ1n) is 5.73. The molecule has 0 unspecified atom stereocenters. The van der Waals surface area contributed by atoms with Gasteiger partial charge in [0.2, 0.25) is 0 Å². The maximum Gasteiger partial charge on any atom is 0.135 e. The van der Waals surface area contributed by atoms with Crippen LogP contribution >= 0.6 is 27.3 Å². The Morgan fingerprint density at radius 2 is 2.11 bits per heavy atom. The molecule has 0 amide bonds. The molecule has 0 aromatic carbocycles. The second-order valence-corrected chi connectivity index (χ2v) is 5.65. The number of halogens is 1. The highest BCUT2D eigenvalue weighted by atomic mass is 79.9. The molecule has 4 nitrogen and oxygen atoms in total. The minimum atomic E-state index is 0.781. The molecule has 0 aliphatic rings. The topological polar surface area (TPSA) is 49.8 Å². The smallest absolute Gasteiger partial charge is 0.135 e. The number of nitrogens with zero attached hydrogens (tertiary/aromatic N) is 2. The molecule has 0 bridgehead atoms. The number of anilines is 2. The van der Waals surface area contributed by atoms with Gasteiger partial charge < -0.3 is 10.6 Å². The van der Waals surface area contributed by atoms with Crippen LogP contribution in [0.1, 0.15) is 17.4 Å². The van der Waals surface area contributed by atoms with E-state index in [-0.39, 0.29) is 0 Å². The molecule has 0 saturated heterocycles. The van der Waals surface area contributed by atoms with E-state index in [2.05, 4.69) is 54.9 Å². The average Bonchev–Trinajstić information content (AvgIpc) is 2.81. The van der Waals surface area contributed by atoms with Crippen LogP contribution in [-0.2, 0) is 13.0 Å². The van der Waals surface area contributed by atoms with Gasteiger partial charge in [-0.05, 0) is 28.4 Å². The van der Waals surface area contributed by atoms with E-state index < -0.39 is 0 Å². The van der Waals surface area contributed by atoms with Crippen LogP contribution in [0.2, 0.25) is 0 Å². The summed E-state index contributed by atoms with van der Waals surface area (Å²) in [6.45, 7) is 2.88. The third-order valence-electron chi connectivity index (χ3n) is 2.59. The summed E-state index contributed by atoms with van der Waals surface area (Å²) in [6, 6.07) is 2.11. The lowest BCUT2D eigenvalue weighted by Gasteiger charge is -2.12. The Bertz CT molecular complexity index is 527. The minimum Gasteiger partial charge on any atom is -0.373 e. The fourth-order valence-corrected chi connectivity index (χ4v) is 3.12. The molecular weight excluding hydrogens is 312 g/mol. The molecule has 2 rings (SSSR count). The Hall–Kier alpha value is -1.14. The molecule has 18 heavy (non-hydrogen) atoms. The van der Waals surface area contributed by atoms with Crippen molar-refractivity contribution in [2.24, 2.45) is 0 Å². The summed E-state index contributed by atoms with van der Waals surface area (Å²) in [6.07, 6.45) is 2.48. The first kappa shape index (κ1) is 13.3. The predicted molar refractivity (Wildman–Crippen MR) is 80.3 cm³/mol. The van der Waals surface area contributed by atoms with Crippen molar-refractivity contribution in [3.05, 3.63) is 32.7 Å². The third kappa shape index (κ3) is 3.00. The third-order valence-corrected chi connectivity index (χ3v) is 4.29. The van der Waals surface area contributed by atoms with E-state index in [1.54, 1.807) is 17.7 Å². The van der Waals surface area contributed by atoms with Gasteiger partial charge in [0, 0.05) is 27.3 Å². The van der Waals surface area contributed by atoms with Gasteiger partial charge in [0.05, 0.1) is 6.54 Å². The second-order valence-electron chi connectivity index (χ2n) is 3.74. The molecule has 96 valence electrons. The lowest BCUT2D eigenvalue weighted by Crippen LogP contribution is -2.07. The lowest BCUT2D eigenvalue weighted by atomic mass is 10.2. The molecule has 2 heterocycles. The van der Waals surface area contributed by atoms with Crippen molar-refractivity contribution in [3.8, 4) is 0 Å². The van der Waals surface area contributed by atoms with E-state index in [9.17, 15) is 0 Å². The van der Waals surface area contributed by atoms with E-state index in [1.165, 1.54) is 4.88 Å². The summed E-state index contributed by atoms with van der Waals surface area (Å²) in [4.78, 5) is 9.80. The van der Waals surface area contributed by atoms with Crippen molar-refractivity contribution >= 4 is 38.9 Å². The zero-order chi connectivity index (χ0) is 13.0. The predicted octanol–water partition coefficient (Wildman–Crippen LogP) is 3.52.